The maximum Gasteiger partial charge on any atom is 0.305 e. The van der Waals surface area contributed by atoms with Crippen LogP contribution in [-0.4, -0.2) is 101 Å². The average Bonchev–Trinajstić information content (AvgIpc) is 2.96. The highest BCUT2D eigenvalue weighted by molar-refractivity contribution is 5.98. The van der Waals surface area contributed by atoms with E-state index >= 15 is 0 Å². The number of rotatable bonds is 15. The fraction of sp³-hybridized carbons (Fsp3) is 0.704. The first-order valence-corrected chi connectivity index (χ1v) is 14.9. The van der Waals surface area contributed by atoms with Gasteiger partial charge < -0.3 is 54.0 Å². The van der Waals surface area contributed by atoms with E-state index in [2.05, 4.69) is 31.6 Å². The van der Waals surface area contributed by atoms with E-state index in [-0.39, 0.29) is 31.8 Å². The summed E-state index contributed by atoms with van der Waals surface area (Å²) in [5, 5.41) is 31.1. The van der Waals surface area contributed by atoms with Crippen LogP contribution in [0.5, 0.6) is 0 Å². The molecule has 254 valence electrons. The Morgan fingerprint density at radius 1 is 0.733 bits per heavy atom. The summed E-state index contributed by atoms with van der Waals surface area (Å²) in [4.78, 5) is 93.8. The van der Waals surface area contributed by atoms with E-state index in [9.17, 15) is 43.8 Å². The lowest BCUT2D eigenvalue weighted by Crippen LogP contribution is -2.59. The normalized spacial score (nSPS) is 24.0. The lowest BCUT2D eigenvalue weighted by atomic mass is 9.96. The molecule has 18 heteroatoms. The van der Waals surface area contributed by atoms with Gasteiger partial charge in [0.15, 0.2) is 5.96 Å². The summed E-state index contributed by atoms with van der Waals surface area (Å²) in [6, 6.07) is -6.85. The summed E-state index contributed by atoms with van der Waals surface area (Å²) in [7, 11) is 0. The van der Waals surface area contributed by atoms with Crippen molar-refractivity contribution in [2.75, 3.05) is 13.1 Å². The summed E-state index contributed by atoms with van der Waals surface area (Å²) >= 11 is 0. The number of aliphatic imine (C=N–C) groups is 1. The molecular weight excluding hydrogens is 594 g/mol. The molecule has 18 nitrogen and oxygen atoms in total. The third-order valence-electron chi connectivity index (χ3n) is 7.24. The van der Waals surface area contributed by atoms with Crippen molar-refractivity contribution in [3.8, 4) is 0 Å². The van der Waals surface area contributed by atoms with Crippen molar-refractivity contribution >= 4 is 47.4 Å². The Hall–Kier alpha value is -4.48. The maximum atomic E-state index is 13.5. The highest BCUT2D eigenvalue weighted by Crippen LogP contribution is 2.12. The summed E-state index contributed by atoms with van der Waals surface area (Å²) in [5.74, 6) is -7.68. The maximum absolute atomic E-state index is 13.5. The second-order valence-electron chi connectivity index (χ2n) is 10.9. The Bertz CT molecular complexity index is 1100. The summed E-state index contributed by atoms with van der Waals surface area (Å²) in [6.45, 7) is 3.91. The van der Waals surface area contributed by atoms with Crippen molar-refractivity contribution in [3.05, 3.63) is 0 Å². The number of guanidine groups is 1. The Labute approximate surface area is 261 Å². The van der Waals surface area contributed by atoms with Gasteiger partial charge in [0.2, 0.25) is 29.5 Å². The number of carbonyl (C=O) groups is 7. The van der Waals surface area contributed by atoms with Gasteiger partial charge in [0, 0.05) is 13.0 Å². The van der Waals surface area contributed by atoms with Crippen molar-refractivity contribution in [2.24, 2.45) is 28.1 Å². The molecule has 1 aliphatic rings. The first kappa shape index (κ1) is 38.5. The number of hydrogen-bond donors (Lipinski definition) is 10. The Morgan fingerprint density at radius 3 is 1.73 bits per heavy atom. The Morgan fingerprint density at radius 2 is 1.22 bits per heavy atom. The number of carboxylic acid groups (broad SMARTS) is 2. The van der Waals surface area contributed by atoms with E-state index in [0.717, 1.165) is 0 Å². The zero-order valence-corrected chi connectivity index (χ0v) is 25.7. The molecule has 0 radical (unpaired) electrons. The highest BCUT2D eigenvalue weighted by Gasteiger charge is 2.36. The van der Waals surface area contributed by atoms with Gasteiger partial charge in [0.05, 0.1) is 6.42 Å². The molecule has 0 aromatic carbocycles. The number of nitrogens with one attached hydrogen (secondary N) is 5. The molecule has 13 N–H and O–H groups in total. The van der Waals surface area contributed by atoms with Crippen LogP contribution in [0, 0.1) is 5.92 Å². The standard InChI is InChI=1S/C27H47N9O9/c1-3-14(2)21-26(45)34-15(7-4-5-11-28)22(41)35-18(13-20(39)40)25(44)33-17(9-10-19(37)38)23(42)32-16(24(43)36-21)8-6-12-31-27(29)30/h14-18,21H,3-13,28H2,1-2H3,(H,32,42)(H,33,44)(H,34,45)(H,35,41)(H,36,43)(H,37,38)(H,39,40)(H4,29,30,31)/t14-,15-,16-,17-,18-,21-/m0/s1. The zero-order valence-electron chi connectivity index (χ0n) is 25.7. The van der Waals surface area contributed by atoms with Gasteiger partial charge in [-0.2, -0.15) is 0 Å². The smallest absolute Gasteiger partial charge is 0.305 e. The molecule has 6 atom stereocenters. The van der Waals surface area contributed by atoms with Crippen molar-refractivity contribution in [1.82, 2.24) is 26.6 Å². The largest absolute Gasteiger partial charge is 0.481 e. The monoisotopic (exact) mass is 641 g/mol. The van der Waals surface area contributed by atoms with Crippen LogP contribution in [0.3, 0.4) is 0 Å². The molecule has 1 heterocycles. The lowest BCUT2D eigenvalue weighted by molar-refractivity contribution is -0.141. The van der Waals surface area contributed by atoms with Gasteiger partial charge in [-0.15, -0.1) is 0 Å². The topological polar surface area (TPSA) is 311 Å². The number of aliphatic carboxylic acids is 2. The van der Waals surface area contributed by atoms with Crippen LogP contribution in [0.4, 0.5) is 0 Å². The number of nitrogens with two attached hydrogens (primary N) is 3. The van der Waals surface area contributed by atoms with E-state index in [1.807, 2.05) is 0 Å². The van der Waals surface area contributed by atoms with E-state index in [0.29, 0.717) is 25.8 Å². The molecule has 1 aliphatic heterocycles. The predicted molar refractivity (Wildman–Crippen MR) is 161 cm³/mol. The van der Waals surface area contributed by atoms with Crippen molar-refractivity contribution in [3.63, 3.8) is 0 Å². The van der Waals surface area contributed by atoms with Gasteiger partial charge >= 0.3 is 11.9 Å². The first-order valence-electron chi connectivity index (χ1n) is 14.9. The molecule has 0 aromatic heterocycles. The van der Waals surface area contributed by atoms with Crippen LogP contribution >= 0.6 is 0 Å². The van der Waals surface area contributed by atoms with Crippen LogP contribution in [0.1, 0.15) is 71.6 Å². The van der Waals surface area contributed by atoms with Crippen LogP contribution in [0.15, 0.2) is 4.99 Å². The molecule has 0 unspecified atom stereocenters. The molecule has 1 saturated heterocycles. The molecule has 1 fully saturated rings. The lowest BCUT2D eigenvalue weighted by Gasteiger charge is -2.28. The van der Waals surface area contributed by atoms with E-state index in [1.54, 1.807) is 13.8 Å². The fourth-order valence-corrected chi connectivity index (χ4v) is 4.49. The zero-order chi connectivity index (χ0) is 34.1. The molecule has 1 rings (SSSR count). The van der Waals surface area contributed by atoms with Crippen molar-refractivity contribution in [2.45, 2.75) is 102 Å². The summed E-state index contributed by atoms with van der Waals surface area (Å²) in [6.07, 6.45) is -0.211. The fourth-order valence-electron chi connectivity index (χ4n) is 4.49. The summed E-state index contributed by atoms with van der Waals surface area (Å²) in [5.41, 5.74) is 16.3. The molecule has 45 heavy (non-hydrogen) atoms. The molecule has 5 amide bonds. The Kier molecular flexibility index (Phi) is 16.9. The minimum Gasteiger partial charge on any atom is -0.481 e. The number of unbranched alkanes of at least 4 members (excludes halogenated alkanes) is 1. The van der Waals surface area contributed by atoms with E-state index in [1.165, 1.54) is 0 Å². The predicted octanol–water partition coefficient (Wildman–Crippen LogP) is -3.01. The second kappa shape index (κ2) is 19.7. The number of hydrogen-bond acceptors (Lipinski definition) is 9. The number of amides is 5. The van der Waals surface area contributed by atoms with Gasteiger partial charge in [-0.3, -0.25) is 38.6 Å². The molecule has 0 saturated carbocycles. The van der Waals surface area contributed by atoms with Crippen LogP contribution < -0.4 is 43.8 Å². The Balaban J connectivity index is 3.64. The summed E-state index contributed by atoms with van der Waals surface area (Å²) < 4.78 is 0. The van der Waals surface area contributed by atoms with E-state index < -0.39 is 96.9 Å². The average molecular weight is 642 g/mol. The van der Waals surface area contributed by atoms with Crippen LogP contribution in [0.2, 0.25) is 0 Å². The highest BCUT2D eigenvalue weighted by atomic mass is 16.4. The molecular formula is C27H47N9O9. The molecule has 0 spiro atoms. The SMILES string of the molecule is CC[C@H](C)[C@@H]1NC(=O)[C@H](CCCN=C(N)N)NC(=O)[C@H](CCC(=O)O)NC(=O)[C@H](CC(=O)O)NC(=O)[C@H](CCCCN)NC1=O. The van der Waals surface area contributed by atoms with Crippen molar-refractivity contribution in [1.29, 1.82) is 0 Å². The van der Waals surface area contributed by atoms with Crippen LogP contribution in [-0.2, 0) is 33.6 Å². The van der Waals surface area contributed by atoms with Gasteiger partial charge in [-0.05, 0) is 51.0 Å². The minimum absolute atomic E-state index is 0.00775. The number of carboxylic acids is 2. The molecule has 0 bridgehead atoms. The van der Waals surface area contributed by atoms with Gasteiger partial charge in [-0.25, -0.2) is 0 Å². The second-order valence-corrected chi connectivity index (χ2v) is 10.9. The third-order valence-corrected chi connectivity index (χ3v) is 7.24. The molecule has 0 aliphatic carbocycles. The molecule has 0 aromatic rings. The van der Waals surface area contributed by atoms with Crippen molar-refractivity contribution < 1.29 is 43.8 Å². The first-order chi connectivity index (χ1) is 21.2. The van der Waals surface area contributed by atoms with Gasteiger partial charge in [0.25, 0.3) is 0 Å². The van der Waals surface area contributed by atoms with Gasteiger partial charge in [0.1, 0.15) is 30.2 Å². The third kappa shape index (κ3) is 14.2. The number of carbonyl (C=O) groups excluding carboxylic acids is 5. The number of nitrogens with zero attached hydrogens (tertiary/aromatic N) is 1. The van der Waals surface area contributed by atoms with Crippen LogP contribution in [0.25, 0.3) is 0 Å². The van der Waals surface area contributed by atoms with Gasteiger partial charge in [-0.1, -0.05) is 20.3 Å². The minimum atomic E-state index is -1.69. The quantitative estimate of drug-likeness (QED) is 0.0486. The van der Waals surface area contributed by atoms with E-state index in [4.69, 9.17) is 17.2 Å².